The van der Waals surface area contributed by atoms with E-state index in [1.54, 1.807) is 50.7 Å². The van der Waals surface area contributed by atoms with Gasteiger partial charge < -0.3 is 14.8 Å². The third kappa shape index (κ3) is 4.92. The van der Waals surface area contributed by atoms with Crippen LogP contribution < -0.4 is 20.2 Å². The number of nitrogens with zero attached hydrogens (tertiary/aromatic N) is 1. The molecule has 5 nitrogen and oxygen atoms in total. The van der Waals surface area contributed by atoms with E-state index in [1.165, 1.54) is 6.07 Å². The molecule has 0 unspecified atom stereocenters. The molecular weight excluding hydrogens is 329 g/mol. The number of nitrogens with one attached hydrogen (secondary N) is 2. The standard InChI is InChI=1S/C17H18FN3O2S/c1-19-17(24)21-20-10-12-7-8-15(22-2)16(9-12)23-11-13-5-3-4-6-14(13)18/h3-10H,11H2,1-2H3,(H2,19,21,24). The molecule has 0 amide bonds. The Balaban J connectivity index is 2.11. The Hall–Kier alpha value is -2.67. The van der Waals surface area contributed by atoms with Gasteiger partial charge in [-0.25, -0.2) is 4.39 Å². The van der Waals surface area contributed by atoms with E-state index < -0.39 is 0 Å². The van der Waals surface area contributed by atoms with Crippen molar-refractivity contribution >= 4 is 23.5 Å². The first kappa shape index (κ1) is 17.7. The van der Waals surface area contributed by atoms with Gasteiger partial charge in [0.15, 0.2) is 16.6 Å². The maximum Gasteiger partial charge on any atom is 0.186 e. The summed E-state index contributed by atoms with van der Waals surface area (Å²) >= 11 is 4.93. The zero-order valence-corrected chi connectivity index (χ0v) is 14.2. The molecule has 0 bridgehead atoms. The van der Waals surface area contributed by atoms with Crippen LogP contribution in [0.5, 0.6) is 11.5 Å². The van der Waals surface area contributed by atoms with Crippen LogP contribution in [0, 0.1) is 5.82 Å². The summed E-state index contributed by atoms with van der Waals surface area (Å²) in [6.07, 6.45) is 1.60. The lowest BCUT2D eigenvalue weighted by Gasteiger charge is -2.12. The number of thiocarbonyl (C=S) groups is 1. The summed E-state index contributed by atoms with van der Waals surface area (Å²) < 4.78 is 24.6. The summed E-state index contributed by atoms with van der Waals surface area (Å²) in [7, 11) is 3.25. The monoisotopic (exact) mass is 347 g/mol. The average Bonchev–Trinajstić information content (AvgIpc) is 2.61. The lowest BCUT2D eigenvalue weighted by Crippen LogP contribution is -2.28. The van der Waals surface area contributed by atoms with Crippen LogP contribution >= 0.6 is 12.2 Å². The number of hydrazone groups is 1. The van der Waals surface area contributed by atoms with Gasteiger partial charge in [0.05, 0.1) is 13.3 Å². The Bertz CT molecular complexity index is 738. The van der Waals surface area contributed by atoms with Gasteiger partial charge in [0.2, 0.25) is 0 Å². The van der Waals surface area contributed by atoms with Crippen molar-refractivity contribution in [1.82, 2.24) is 10.7 Å². The molecule has 7 heteroatoms. The molecule has 0 saturated carbocycles. The van der Waals surface area contributed by atoms with Gasteiger partial charge in [-0.2, -0.15) is 5.10 Å². The van der Waals surface area contributed by atoms with Crippen LogP contribution in [0.3, 0.4) is 0 Å². The maximum absolute atomic E-state index is 13.7. The van der Waals surface area contributed by atoms with Crippen LogP contribution in [0.1, 0.15) is 11.1 Å². The number of methoxy groups -OCH3 is 1. The highest BCUT2D eigenvalue weighted by molar-refractivity contribution is 7.80. The van der Waals surface area contributed by atoms with Gasteiger partial charge in [-0.05, 0) is 42.0 Å². The van der Waals surface area contributed by atoms with Crippen LogP contribution in [-0.4, -0.2) is 25.5 Å². The van der Waals surface area contributed by atoms with Crippen LogP contribution in [0.25, 0.3) is 0 Å². The minimum absolute atomic E-state index is 0.103. The second kappa shape index (κ2) is 8.83. The summed E-state index contributed by atoms with van der Waals surface area (Å²) in [4.78, 5) is 0. The van der Waals surface area contributed by atoms with Crippen molar-refractivity contribution < 1.29 is 13.9 Å². The van der Waals surface area contributed by atoms with E-state index in [0.717, 1.165) is 5.56 Å². The molecule has 0 aliphatic rings. The second-order valence-electron chi connectivity index (χ2n) is 4.74. The topological polar surface area (TPSA) is 54.9 Å². The minimum Gasteiger partial charge on any atom is -0.493 e. The summed E-state index contributed by atoms with van der Waals surface area (Å²) in [5.74, 6) is 0.752. The Morgan fingerprint density at radius 1 is 1.25 bits per heavy atom. The largest absolute Gasteiger partial charge is 0.493 e. The van der Waals surface area contributed by atoms with Gasteiger partial charge in [-0.15, -0.1) is 0 Å². The van der Waals surface area contributed by atoms with Gasteiger partial charge in [-0.1, -0.05) is 18.2 Å². The Morgan fingerprint density at radius 3 is 2.75 bits per heavy atom. The SMILES string of the molecule is CNC(=S)NN=Cc1ccc(OC)c(OCc2ccccc2F)c1. The molecule has 0 saturated heterocycles. The molecule has 126 valence electrons. The summed E-state index contributed by atoms with van der Waals surface area (Å²) in [5.41, 5.74) is 3.92. The third-order valence-electron chi connectivity index (χ3n) is 3.14. The lowest BCUT2D eigenvalue weighted by atomic mass is 10.2. The molecule has 2 aromatic rings. The van der Waals surface area contributed by atoms with Gasteiger partial charge in [-0.3, -0.25) is 5.43 Å². The highest BCUT2D eigenvalue weighted by Gasteiger charge is 2.07. The molecular formula is C17H18FN3O2S. The highest BCUT2D eigenvalue weighted by Crippen LogP contribution is 2.28. The second-order valence-corrected chi connectivity index (χ2v) is 5.15. The van der Waals surface area contributed by atoms with Crippen LogP contribution in [0.15, 0.2) is 47.6 Å². The summed E-state index contributed by atoms with van der Waals surface area (Å²) in [6.45, 7) is 0.103. The average molecular weight is 347 g/mol. The van der Waals surface area contributed by atoms with Crippen molar-refractivity contribution in [1.29, 1.82) is 0 Å². The van der Waals surface area contributed by atoms with E-state index in [9.17, 15) is 4.39 Å². The maximum atomic E-state index is 13.7. The van der Waals surface area contributed by atoms with Crippen LogP contribution in [0.4, 0.5) is 4.39 Å². The molecule has 2 N–H and O–H groups in total. The molecule has 2 aromatic carbocycles. The van der Waals surface area contributed by atoms with Crippen molar-refractivity contribution in [2.75, 3.05) is 14.2 Å². The van der Waals surface area contributed by atoms with Gasteiger partial charge in [0, 0.05) is 12.6 Å². The fourth-order valence-electron chi connectivity index (χ4n) is 1.88. The highest BCUT2D eigenvalue weighted by atomic mass is 32.1. The molecule has 2 rings (SSSR count). The lowest BCUT2D eigenvalue weighted by molar-refractivity contribution is 0.279. The smallest absolute Gasteiger partial charge is 0.186 e. The molecule has 0 aliphatic carbocycles. The van der Waals surface area contributed by atoms with Gasteiger partial charge in [0.25, 0.3) is 0 Å². The molecule has 24 heavy (non-hydrogen) atoms. The van der Waals surface area contributed by atoms with Crippen LogP contribution in [0.2, 0.25) is 0 Å². The molecule has 0 atom stereocenters. The number of hydrogen-bond acceptors (Lipinski definition) is 4. The first-order valence-corrected chi connectivity index (χ1v) is 7.60. The first-order chi connectivity index (χ1) is 11.6. The van der Waals surface area contributed by atoms with E-state index in [1.807, 2.05) is 6.07 Å². The zero-order valence-electron chi connectivity index (χ0n) is 13.4. The van der Waals surface area contributed by atoms with Gasteiger partial charge >= 0.3 is 0 Å². The molecule has 0 spiro atoms. The predicted octanol–water partition coefficient (Wildman–Crippen LogP) is 2.84. The Morgan fingerprint density at radius 2 is 2.04 bits per heavy atom. The normalized spacial score (nSPS) is 10.5. The Kier molecular flexibility index (Phi) is 6.51. The van der Waals surface area contributed by atoms with Crippen molar-refractivity contribution in [3.05, 3.63) is 59.4 Å². The molecule has 0 fully saturated rings. The van der Waals surface area contributed by atoms with E-state index in [4.69, 9.17) is 21.7 Å². The van der Waals surface area contributed by atoms with E-state index in [0.29, 0.717) is 22.2 Å². The number of benzene rings is 2. The minimum atomic E-state index is -0.307. The quantitative estimate of drug-likeness (QED) is 0.478. The zero-order chi connectivity index (χ0) is 17.4. The summed E-state index contributed by atoms with van der Waals surface area (Å²) in [5, 5.41) is 7.17. The molecule has 0 heterocycles. The van der Waals surface area contributed by atoms with E-state index in [-0.39, 0.29) is 12.4 Å². The fourth-order valence-corrected chi connectivity index (χ4v) is 1.93. The number of hydrogen-bond donors (Lipinski definition) is 2. The van der Waals surface area contributed by atoms with Gasteiger partial charge in [0.1, 0.15) is 12.4 Å². The van der Waals surface area contributed by atoms with Crippen molar-refractivity contribution in [3.63, 3.8) is 0 Å². The van der Waals surface area contributed by atoms with Crippen molar-refractivity contribution in [2.45, 2.75) is 6.61 Å². The van der Waals surface area contributed by atoms with Crippen LogP contribution in [-0.2, 0) is 6.61 Å². The molecule has 0 aliphatic heterocycles. The molecule has 0 aromatic heterocycles. The van der Waals surface area contributed by atoms with Crippen molar-refractivity contribution in [3.8, 4) is 11.5 Å². The van der Waals surface area contributed by atoms with Crippen molar-refractivity contribution in [2.24, 2.45) is 5.10 Å². The van der Waals surface area contributed by atoms with E-state index in [2.05, 4.69) is 15.8 Å². The Labute approximate surface area is 145 Å². The number of halogens is 1. The molecule has 0 radical (unpaired) electrons. The first-order valence-electron chi connectivity index (χ1n) is 7.19. The van der Waals surface area contributed by atoms with E-state index >= 15 is 0 Å². The predicted molar refractivity (Wildman–Crippen MR) is 96.1 cm³/mol. The summed E-state index contributed by atoms with van der Waals surface area (Å²) in [6, 6.07) is 11.8. The number of ether oxygens (including phenoxy) is 2. The fraction of sp³-hybridized carbons (Fsp3) is 0.176. The number of rotatable bonds is 6. The third-order valence-corrected chi connectivity index (χ3v) is 3.43.